The first kappa shape index (κ1) is 19.8. The fourth-order valence-electron chi connectivity index (χ4n) is 2.57. The van der Waals surface area contributed by atoms with Crippen LogP contribution < -0.4 is 10.9 Å². The van der Waals surface area contributed by atoms with Crippen LogP contribution in [-0.4, -0.2) is 15.5 Å². The van der Waals surface area contributed by atoms with Gasteiger partial charge in [0.2, 0.25) is 0 Å². The van der Waals surface area contributed by atoms with Crippen LogP contribution in [0.25, 0.3) is 0 Å². The van der Waals surface area contributed by atoms with Crippen molar-refractivity contribution in [3.63, 3.8) is 0 Å². The van der Waals surface area contributed by atoms with Crippen LogP contribution in [0.2, 0.25) is 0 Å². The highest BCUT2D eigenvalue weighted by Gasteiger charge is 2.15. The summed E-state index contributed by atoms with van der Waals surface area (Å²) in [6, 6.07) is 11.7. The summed E-state index contributed by atoms with van der Waals surface area (Å²) in [5, 5.41) is 3.23. The third-order valence-corrected chi connectivity index (χ3v) is 5.53. The lowest BCUT2D eigenvalue weighted by molar-refractivity contribution is 0.102. The number of thioether (sulfide) groups is 1. The summed E-state index contributed by atoms with van der Waals surface area (Å²) >= 11 is 1.35. The Morgan fingerprint density at radius 1 is 1.14 bits per heavy atom. The molecule has 28 heavy (non-hydrogen) atoms. The highest BCUT2D eigenvalue weighted by atomic mass is 32.2. The molecule has 7 heteroatoms. The zero-order valence-corrected chi connectivity index (χ0v) is 16.6. The molecule has 1 amide bonds. The summed E-state index contributed by atoms with van der Waals surface area (Å²) in [5.74, 6) is -0.251. The lowest BCUT2D eigenvalue weighted by atomic mass is 10.1. The number of amides is 1. The fraction of sp³-hybridized carbons (Fsp3) is 0.190. The molecule has 0 atom stereocenters. The number of carbonyl (C=O) groups is 1. The lowest BCUT2D eigenvalue weighted by Crippen LogP contribution is -2.29. The fourth-order valence-corrected chi connectivity index (χ4v) is 3.46. The monoisotopic (exact) mass is 397 g/mol. The number of rotatable bonds is 5. The van der Waals surface area contributed by atoms with Gasteiger partial charge in [-0.25, -0.2) is 9.37 Å². The minimum Gasteiger partial charge on any atom is -0.322 e. The van der Waals surface area contributed by atoms with Crippen molar-refractivity contribution in [1.82, 2.24) is 9.55 Å². The molecule has 5 nitrogen and oxygen atoms in total. The number of anilines is 1. The third-order valence-electron chi connectivity index (χ3n) is 4.42. The molecule has 0 radical (unpaired) electrons. The van der Waals surface area contributed by atoms with Gasteiger partial charge in [0.25, 0.3) is 11.5 Å². The number of nitrogens with zero attached hydrogens (tertiary/aromatic N) is 2. The van der Waals surface area contributed by atoms with Crippen molar-refractivity contribution < 1.29 is 9.18 Å². The Morgan fingerprint density at radius 2 is 1.86 bits per heavy atom. The molecule has 0 spiro atoms. The van der Waals surface area contributed by atoms with E-state index in [9.17, 15) is 14.0 Å². The van der Waals surface area contributed by atoms with Gasteiger partial charge >= 0.3 is 0 Å². The molecule has 0 bridgehead atoms. The van der Waals surface area contributed by atoms with E-state index >= 15 is 0 Å². The van der Waals surface area contributed by atoms with E-state index < -0.39 is 11.5 Å². The van der Waals surface area contributed by atoms with E-state index in [1.807, 2.05) is 26.0 Å². The molecule has 3 rings (SSSR count). The van der Waals surface area contributed by atoms with Gasteiger partial charge in [-0.15, -0.1) is 0 Å². The van der Waals surface area contributed by atoms with Crippen molar-refractivity contribution in [1.29, 1.82) is 0 Å². The average Bonchev–Trinajstić information content (AvgIpc) is 2.67. The second-order valence-electron chi connectivity index (χ2n) is 6.49. The van der Waals surface area contributed by atoms with E-state index in [-0.39, 0.29) is 11.4 Å². The van der Waals surface area contributed by atoms with Gasteiger partial charge in [0.1, 0.15) is 11.4 Å². The Kier molecular flexibility index (Phi) is 5.94. The Balaban J connectivity index is 1.75. The van der Waals surface area contributed by atoms with Crippen molar-refractivity contribution in [2.45, 2.75) is 24.8 Å². The summed E-state index contributed by atoms with van der Waals surface area (Å²) in [7, 11) is 1.58. The SMILES string of the molecule is Cc1ccc(NC(=O)c2cnc(SCc3ccc(F)cc3)n(C)c2=O)cc1C. The largest absolute Gasteiger partial charge is 0.322 e. The highest BCUT2D eigenvalue weighted by molar-refractivity contribution is 7.98. The number of benzene rings is 2. The Hall–Kier alpha value is -2.93. The standard InChI is InChI=1S/C21H20FN3O2S/c1-13-4-9-17(10-14(13)2)24-19(26)18-11-23-21(25(3)20(18)27)28-12-15-5-7-16(22)8-6-15/h4-11H,12H2,1-3H3,(H,24,26). The maximum atomic E-state index is 13.0. The number of hydrogen-bond donors (Lipinski definition) is 1. The van der Waals surface area contributed by atoms with Crippen LogP contribution in [0, 0.1) is 19.7 Å². The Labute approximate surface area is 166 Å². The molecule has 0 saturated heterocycles. The van der Waals surface area contributed by atoms with Gasteiger partial charge in [-0.2, -0.15) is 0 Å². The smallest absolute Gasteiger partial charge is 0.266 e. The minimum atomic E-state index is -0.494. The van der Waals surface area contributed by atoms with Crippen molar-refractivity contribution in [2.75, 3.05) is 5.32 Å². The number of aryl methyl sites for hydroxylation is 2. The summed E-state index contributed by atoms with van der Waals surface area (Å²) in [5.41, 5.74) is 3.28. The van der Waals surface area contributed by atoms with Gasteiger partial charge in [-0.1, -0.05) is 30.0 Å². The molecule has 1 N–H and O–H groups in total. The number of halogens is 1. The molecular weight excluding hydrogens is 377 g/mol. The van der Waals surface area contributed by atoms with Crippen LogP contribution in [0.1, 0.15) is 27.0 Å². The van der Waals surface area contributed by atoms with E-state index in [4.69, 9.17) is 0 Å². The Bertz CT molecular complexity index is 1080. The number of carbonyl (C=O) groups excluding carboxylic acids is 1. The van der Waals surface area contributed by atoms with Gasteiger partial charge in [0.15, 0.2) is 5.16 Å². The second kappa shape index (κ2) is 8.39. The number of nitrogens with one attached hydrogen (secondary N) is 1. The zero-order chi connectivity index (χ0) is 20.3. The average molecular weight is 397 g/mol. The van der Waals surface area contributed by atoms with E-state index in [0.717, 1.165) is 16.7 Å². The minimum absolute atomic E-state index is 0.0214. The molecule has 1 aromatic heterocycles. The van der Waals surface area contributed by atoms with E-state index in [2.05, 4.69) is 10.3 Å². The molecular formula is C21H20FN3O2S. The van der Waals surface area contributed by atoms with Crippen molar-refractivity contribution >= 4 is 23.4 Å². The molecule has 0 aliphatic heterocycles. The Morgan fingerprint density at radius 3 is 2.54 bits per heavy atom. The molecule has 1 heterocycles. The van der Waals surface area contributed by atoms with Crippen LogP contribution in [-0.2, 0) is 12.8 Å². The first-order valence-electron chi connectivity index (χ1n) is 8.67. The predicted molar refractivity (Wildman–Crippen MR) is 109 cm³/mol. The molecule has 144 valence electrons. The normalized spacial score (nSPS) is 10.7. The topological polar surface area (TPSA) is 64.0 Å². The van der Waals surface area contributed by atoms with Crippen LogP contribution in [0.4, 0.5) is 10.1 Å². The van der Waals surface area contributed by atoms with Crippen molar-refractivity contribution in [3.8, 4) is 0 Å². The maximum Gasteiger partial charge on any atom is 0.266 e. The summed E-state index contributed by atoms with van der Waals surface area (Å²) in [6.07, 6.45) is 1.30. The van der Waals surface area contributed by atoms with Crippen LogP contribution >= 0.6 is 11.8 Å². The summed E-state index contributed by atoms with van der Waals surface area (Å²) < 4.78 is 14.3. The molecule has 3 aromatic rings. The van der Waals surface area contributed by atoms with Crippen LogP contribution in [0.15, 0.2) is 58.6 Å². The van der Waals surface area contributed by atoms with Crippen molar-refractivity contribution in [3.05, 3.63) is 87.1 Å². The van der Waals surface area contributed by atoms with Gasteiger partial charge in [-0.3, -0.25) is 14.2 Å². The van der Waals surface area contributed by atoms with Gasteiger partial charge < -0.3 is 5.32 Å². The first-order valence-corrected chi connectivity index (χ1v) is 9.65. The molecule has 2 aromatic carbocycles. The molecule has 0 aliphatic carbocycles. The van der Waals surface area contributed by atoms with Gasteiger partial charge in [-0.05, 0) is 54.8 Å². The van der Waals surface area contributed by atoms with Gasteiger partial charge in [0.05, 0.1) is 0 Å². The highest BCUT2D eigenvalue weighted by Crippen LogP contribution is 2.20. The van der Waals surface area contributed by atoms with Crippen LogP contribution in [0.3, 0.4) is 0 Å². The predicted octanol–water partition coefficient (Wildman–Crippen LogP) is 4.08. The van der Waals surface area contributed by atoms with E-state index in [1.54, 1.807) is 25.2 Å². The number of hydrogen-bond acceptors (Lipinski definition) is 4. The van der Waals surface area contributed by atoms with Gasteiger partial charge in [0, 0.05) is 24.7 Å². The lowest BCUT2D eigenvalue weighted by Gasteiger charge is -2.10. The van der Waals surface area contributed by atoms with E-state index in [0.29, 0.717) is 16.6 Å². The maximum absolute atomic E-state index is 13.0. The molecule has 0 saturated carbocycles. The van der Waals surface area contributed by atoms with Crippen LogP contribution in [0.5, 0.6) is 0 Å². The summed E-state index contributed by atoms with van der Waals surface area (Å²) in [4.78, 5) is 29.4. The molecule has 0 unspecified atom stereocenters. The number of aromatic nitrogens is 2. The zero-order valence-electron chi connectivity index (χ0n) is 15.8. The quantitative estimate of drug-likeness (QED) is 0.520. The second-order valence-corrected chi connectivity index (χ2v) is 7.43. The van der Waals surface area contributed by atoms with Crippen molar-refractivity contribution in [2.24, 2.45) is 7.05 Å². The molecule has 0 aliphatic rings. The first-order chi connectivity index (χ1) is 13.3. The summed E-state index contributed by atoms with van der Waals surface area (Å²) in [6.45, 7) is 3.95. The molecule has 0 fully saturated rings. The third kappa shape index (κ3) is 4.48. The van der Waals surface area contributed by atoms with E-state index in [1.165, 1.54) is 34.7 Å².